The van der Waals surface area contributed by atoms with Crippen molar-refractivity contribution in [3.63, 3.8) is 0 Å². The van der Waals surface area contributed by atoms with Crippen molar-refractivity contribution in [1.29, 1.82) is 0 Å². The summed E-state index contributed by atoms with van der Waals surface area (Å²) < 4.78 is 0. The van der Waals surface area contributed by atoms with E-state index in [0.29, 0.717) is 6.04 Å². The van der Waals surface area contributed by atoms with Gasteiger partial charge < -0.3 is 5.11 Å². The van der Waals surface area contributed by atoms with Gasteiger partial charge in [0.1, 0.15) is 0 Å². The summed E-state index contributed by atoms with van der Waals surface area (Å²) in [5, 5.41) is 9.39. The number of aliphatic hydroxyl groups is 1. The Morgan fingerprint density at radius 3 is 2.36 bits per heavy atom. The summed E-state index contributed by atoms with van der Waals surface area (Å²) in [6.07, 6.45) is 1.32. The van der Waals surface area contributed by atoms with Crippen molar-refractivity contribution in [1.82, 2.24) is 4.90 Å². The van der Waals surface area contributed by atoms with Gasteiger partial charge in [0.2, 0.25) is 0 Å². The Morgan fingerprint density at radius 1 is 1.29 bits per heavy atom. The standard InChI is InChI=1S/C12H25NO/c1-9-6-10(2)11(3)13(7-9)12(4,5)8-14/h9-11,14H,6-8H2,1-5H3. The lowest BCUT2D eigenvalue weighted by molar-refractivity contribution is -0.0287. The first-order chi connectivity index (χ1) is 6.38. The molecule has 3 unspecified atom stereocenters. The molecule has 2 nitrogen and oxygen atoms in total. The lowest BCUT2D eigenvalue weighted by atomic mass is 9.83. The van der Waals surface area contributed by atoms with Crippen LogP contribution in [0.5, 0.6) is 0 Å². The topological polar surface area (TPSA) is 23.5 Å². The van der Waals surface area contributed by atoms with E-state index in [1.807, 2.05) is 0 Å². The summed E-state index contributed by atoms with van der Waals surface area (Å²) in [5.74, 6) is 1.50. The van der Waals surface area contributed by atoms with E-state index < -0.39 is 0 Å². The van der Waals surface area contributed by atoms with Crippen molar-refractivity contribution in [3.05, 3.63) is 0 Å². The van der Waals surface area contributed by atoms with Crippen molar-refractivity contribution in [3.8, 4) is 0 Å². The first-order valence-electron chi connectivity index (χ1n) is 5.76. The molecule has 0 amide bonds. The van der Waals surface area contributed by atoms with E-state index in [1.54, 1.807) is 0 Å². The van der Waals surface area contributed by atoms with Crippen molar-refractivity contribution >= 4 is 0 Å². The van der Waals surface area contributed by atoms with Crippen molar-refractivity contribution in [2.45, 2.75) is 52.6 Å². The maximum Gasteiger partial charge on any atom is 0.0610 e. The quantitative estimate of drug-likeness (QED) is 0.736. The summed E-state index contributed by atoms with van der Waals surface area (Å²) in [6.45, 7) is 12.6. The van der Waals surface area contributed by atoms with Gasteiger partial charge in [0.25, 0.3) is 0 Å². The van der Waals surface area contributed by atoms with Crippen LogP contribution in [-0.4, -0.2) is 34.7 Å². The molecule has 1 N–H and O–H groups in total. The van der Waals surface area contributed by atoms with Gasteiger partial charge in [-0.25, -0.2) is 0 Å². The first-order valence-corrected chi connectivity index (χ1v) is 5.76. The van der Waals surface area contributed by atoms with Gasteiger partial charge >= 0.3 is 0 Å². The minimum absolute atomic E-state index is 0.0671. The lowest BCUT2D eigenvalue weighted by Crippen LogP contribution is -2.57. The van der Waals surface area contributed by atoms with E-state index in [-0.39, 0.29) is 12.1 Å². The zero-order chi connectivity index (χ0) is 10.9. The molecule has 2 heteroatoms. The molecular weight excluding hydrogens is 174 g/mol. The molecule has 1 fully saturated rings. The second-order valence-electron chi connectivity index (χ2n) is 5.68. The minimum atomic E-state index is -0.0671. The van der Waals surface area contributed by atoms with Gasteiger partial charge in [0.05, 0.1) is 6.61 Å². The van der Waals surface area contributed by atoms with Crippen LogP contribution in [0, 0.1) is 11.8 Å². The van der Waals surface area contributed by atoms with E-state index in [9.17, 15) is 5.11 Å². The number of nitrogens with zero attached hydrogens (tertiary/aromatic N) is 1. The second kappa shape index (κ2) is 4.19. The summed E-state index contributed by atoms with van der Waals surface area (Å²) in [4.78, 5) is 2.46. The Hall–Kier alpha value is -0.0800. The average Bonchev–Trinajstić information content (AvgIpc) is 2.11. The van der Waals surface area contributed by atoms with Crippen molar-refractivity contribution < 1.29 is 5.11 Å². The molecule has 1 saturated heterocycles. The fourth-order valence-electron chi connectivity index (χ4n) is 2.60. The van der Waals surface area contributed by atoms with Crippen molar-refractivity contribution in [2.75, 3.05) is 13.2 Å². The molecule has 1 heterocycles. The Labute approximate surface area is 88.3 Å². The molecule has 14 heavy (non-hydrogen) atoms. The predicted octanol–water partition coefficient (Wildman–Crippen LogP) is 2.12. The number of hydrogen-bond acceptors (Lipinski definition) is 2. The van der Waals surface area contributed by atoms with Crippen molar-refractivity contribution in [2.24, 2.45) is 11.8 Å². The Morgan fingerprint density at radius 2 is 1.86 bits per heavy atom. The molecule has 0 radical (unpaired) electrons. The fourth-order valence-corrected chi connectivity index (χ4v) is 2.60. The molecule has 3 atom stereocenters. The van der Waals surface area contributed by atoms with Crippen LogP contribution in [0.2, 0.25) is 0 Å². The smallest absolute Gasteiger partial charge is 0.0610 e. The van der Waals surface area contributed by atoms with Crippen LogP contribution in [0.25, 0.3) is 0 Å². The monoisotopic (exact) mass is 199 g/mol. The number of aliphatic hydroxyl groups excluding tert-OH is 1. The Balaban J connectivity index is 2.75. The molecule has 1 rings (SSSR count). The number of rotatable bonds is 2. The molecule has 0 aromatic heterocycles. The van der Waals surface area contributed by atoms with Gasteiger partial charge in [-0.2, -0.15) is 0 Å². The molecule has 0 aromatic carbocycles. The first kappa shape index (κ1) is 12.0. The van der Waals surface area contributed by atoms with Crippen LogP contribution in [-0.2, 0) is 0 Å². The maximum atomic E-state index is 9.39. The SMILES string of the molecule is CC1CC(C)C(C)N(C(C)(C)CO)C1. The highest BCUT2D eigenvalue weighted by molar-refractivity contribution is 4.91. The van der Waals surface area contributed by atoms with E-state index in [2.05, 4.69) is 39.5 Å². The van der Waals surface area contributed by atoms with Gasteiger partial charge in [-0.15, -0.1) is 0 Å². The molecular formula is C12H25NO. The molecule has 0 aliphatic carbocycles. The molecule has 0 bridgehead atoms. The zero-order valence-corrected chi connectivity index (χ0v) is 10.2. The maximum absolute atomic E-state index is 9.39. The van der Waals surface area contributed by atoms with Gasteiger partial charge in [-0.3, -0.25) is 4.90 Å². The molecule has 84 valence electrons. The van der Waals surface area contributed by atoms with Crippen LogP contribution < -0.4 is 0 Å². The van der Waals surface area contributed by atoms with Crippen LogP contribution in [0.15, 0.2) is 0 Å². The van der Waals surface area contributed by atoms with E-state index in [0.717, 1.165) is 18.4 Å². The van der Waals surface area contributed by atoms with E-state index in [1.165, 1.54) is 6.42 Å². The van der Waals surface area contributed by atoms with Gasteiger partial charge in [-0.05, 0) is 39.0 Å². The Bertz CT molecular complexity index is 191. The predicted molar refractivity (Wildman–Crippen MR) is 60.3 cm³/mol. The highest BCUT2D eigenvalue weighted by Crippen LogP contribution is 2.31. The van der Waals surface area contributed by atoms with Crippen LogP contribution in [0.1, 0.15) is 41.0 Å². The van der Waals surface area contributed by atoms with Crippen LogP contribution in [0.3, 0.4) is 0 Å². The summed E-state index contributed by atoms with van der Waals surface area (Å²) >= 11 is 0. The zero-order valence-electron chi connectivity index (χ0n) is 10.2. The average molecular weight is 199 g/mol. The van der Waals surface area contributed by atoms with E-state index in [4.69, 9.17) is 0 Å². The molecule has 1 aliphatic rings. The highest BCUT2D eigenvalue weighted by Gasteiger charge is 2.36. The molecule has 0 saturated carbocycles. The third kappa shape index (κ3) is 2.29. The largest absolute Gasteiger partial charge is 0.394 e. The highest BCUT2D eigenvalue weighted by atomic mass is 16.3. The molecule has 0 spiro atoms. The van der Waals surface area contributed by atoms with Crippen LogP contribution in [0.4, 0.5) is 0 Å². The third-order valence-electron chi connectivity index (χ3n) is 3.76. The van der Waals surface area contributed by atoms with Crippen LogP contribution >= 0.6 is 0 Å². The van der Waals surface area contributed by atoms with E-state index >= 15 is 0 Å². The number of hydrogen-bond donors (Lipinski definition) is 1. The normalized spacial score (nSPS) is 36.0. The number of piperidine rings is 1. The minimum Gasteiger partial charge on any atom is -0.394 e. The summed E-state index contributed by atoms with van der Waals surface area (Å²) in [7, 11) is 0. The van der Waals surface area contributed by atoms with Gasteiger partial charge in [-0.1, -0.05) is 13.8 Å². The summed E-state index contributed by atoms with van der Waals surface area (Å²) in [5.41, 5.74) is -0.0671. The molecule has 0 aromatic rings. The molecule has 1 aliphatic heterocycles. The van der Waals surface area contributed by atoms with Gasteiger partial charge in [0.15, 0.2) is 0 Å². The Kier molecular flexibility index (Phi) is 3.59. The third-order valence-corrected chi connectivity index (χ3v) is 3.76. The fraction of sp³-hybridized carbons (Fsp3) is 1.00. The number of likely N-dealkylation sites (tertiary alicyclic amines) is 1. The lowest BCUT2D eigenvalue weighted by Gasteiger charge is -2.49. The van der Waals surface area contributed by atoms with Gasteiger partial charge in [0, 0.05) is 18.1 Å². The second-order valence-corrected chi connectivity index (χ2v) is 5.68. The summed E-state index contributed by atoms with van der Waals surface area (Å²) in [6, 6.07) is 0.591.